The number of carbonyl (C=O) groups excluding carboxylic acids is 1. The van der Waals surface area contributed by atoms with E-state index in [4.69, 9.17) is 23.2 Å². The second-order valence-corrected chi connectivity index (χ2v) is 7.27. The summed E-state index contributed by atoms with van der Waals surface area (Å²) in [6.45, 7) is 0. The highest BCUT2D eigenvalue weighted by Crippen LogP contribution is 2.31. The molecule has 1 amide bonds. The van der Waals surface area contributed by atoms with Crippen LogP contribution in [0.25, 0.3) is 0 Å². The van der Waals surface area contributed by atoms with Gasteiger partial charge in [-0.3, -0.25) is 25.8 Å². The molecule has 1 aromatic heterocycles. The van der Waals surface area contributed by atoms with E-state index in [2.05, 4.69) is 42.1 Å². The molecule has 12 heteroatoms. The van der Waals surface area contributed by atoms with Gasteiger partial charge in [-0.15, -0.1) is 0 Å². The molecule has 0 unspecified atom stereocenters. The van der Waals surface area contributed by atoms with Crippen LogP contribution in [0.5, 0.6) is 0 Å². The summed E-state index contributed by atoms with van der Waals surface area (Å²) in [7, 11) is 0. The molecular formula is C17H11BrCl2N6O3. The van der Waals surface area contributed by atoms with E-state index in [-0.39, 0.29) is 22.2 Å². The maximum absolute atomic E-state index is 12.3. The molecule has 0 atom stereocenters. The Balaban J connectivity index is 1.82. The summed E-state index contributed by atoms with van der Waals surface area (Å²) in [6.07, 6.45) is 1.12. The summed E-state index contributed by atoms with van der Waals surface area (Å²) in [5.41, 5.74) is 5.03. The number of hydrazine groups is 1. The van der Waals surface area contributed by atoms with Crippen LogP contribution in [-0.2, 0) is 0 Å². The minimum Gasteiger partial charge on any atom is -0.334 e. The Hall–Kier alpha value is -2.95. The van der Waals surface area contributed by atoms with Crippen molar-refractivity contribution < 1.29 is 9.72 Å². The molecule has 0 fully saturated rings. The van der Waals surface area contributed by atoms with E-state index in [1.54, 1.807) is 24.3 Å². The average Bonchev–Trinajstić information content (AvgIpc) is 2.67. The number of hydrogen-bond acceptors (Lipinski definition) is 7. The van der Waals surface area contributed by atoms with Crippen LogP contribution in [-0.4, -0.2) is 20.8 Å². The summed E-state index contributed by atoms with van der Waals surface area (Å²) in [4.78, 5) is 31.0. The molecule has 0 bridgehead atoms. The summed E-state index contributed by atoms with van der Waals surface area (Å²) in [6, 6.07) is 11.3. The zero-order valence-electron chi connectivity index (χ0n) is 14.3. The summed E-state index contributed by atoms with van der Waals surface area (Å²) < 4.78 is 0.853. The number of amides is 1. The lowest BCUT2D eigenvalue weighted by atomic mass is 10.2. The number of nitro groups is 1. The number of nitrogens with one attached hydrogen (secondary N) is 3. The quantitative estimate of drug-likeness (QED) is 0.325. The molecule has 0 aliphatic rings. The van der Waals surface area contributed by atoms with Crippen molar-refractivity contribution in [2.45, 2.75) is 0 Å². The van der Waals surface area contributed by atoms with Crippen molar-refractivity contribution in [3.63, 3.8) is 0 Å². The van der Waals surface area contributed by atoms with Crippen LogP contribution in [0.3, 0.4) is 0 Å². The maximum atomic E-state index is 12.3. The van der Waals surface area contributed by atoms with E-state index in [0.29, 0.717) is 10.7 Å². The van der Waals surface area contributed by atoms with Crippen LogP contribution >= 0.6 is 39.1 Å². The molecule has 29 heavy (non-hydrogen) atoms. The fourth-order valence-corrected chi connectivity index (χ4v) is 3.02. The highest BCUT2D eigenvalue weighted by atomic mass is 79.9. The minimum atomic E-state index is -0.662. The number of carbonyl (C=O) groups is 1. The SMILES string of the molecule is O=C(NNc1ncnc(Nc2ccc(Br)cc2)c1[N+](=O)[O-])c1ccc(Cl)cc1Cl. The standard InChI is InChI=1S/C17H11BrCl2N6O3/c18-9-1-4-11(5-2-9)23-15-14(26(28)29)16(22-8-21-15)24-25-17(27)12-6-3-10(19)7-13(12)20/h1-8H,(H,25,27)(H2,21,22,23,24). The van der Waals surface area contributed by atoms with E-state index in [1.165, 1.54) is 18.2 Å². The lowest BCUT2D eigenvalue weighted by Gasteiger charge is -2.11. The van der Waals surface area contributed by atoms with Crippen LogP contribution < -0.4 is 16.2 Å². The Morgan fingerprint density at radius 3 is 2.41 bits per heavy atom. The lowest BCUT2D eigenvalue weighted by Crippen LogP contribution is -2.30. The molecule has 0 saturated heterocycles. The van der Waals surface area contributed by atoms with Gasteiger partial charge in [0.15, 0.2) is 0 Å². The minimum absolute atomic E-state index is 0.0476. The zero-order valence-corrected chi connectivity index (χ0v) is 17.4. The molecule has 0 saturated carbocycles. The van der Waals surface area contributed by atoms with Gasteiger partial charge in [0.05, 0.1) is 15.5 Å². The van der Waals surface area contributed by atoms with Crippen molar-refractivity contribution in [2.24, 2.45) is 0 Å². The van der Waals surface area contributed by atoms with Crippen molar-refractivity contribution >= 4 is 68.0 Å². The molecule has 148 valence electrons. The van der Waals surface area contributed by atoms with Gasteiger partial charge in [0.2, 0.25) is 11.6 Å². The van der Waals surface area contributed by atoms with Crippen molar-refractivity contribution in [1.82, 2.24) is 15.4 Å². The van der Waals surface area contributed by atoms with E-state index in [0.717, 1.165) is 10.8 Å². The Morgan fingerprint density at radius 1 is 1.07 bits per heavy atom. The largest absolute Gasteiger partial charge is 0.355 e. The van der Waals surface area contributed by atoms with Gasteiger partial charge in [0.1, 0.15) is 6.33 Å². The van der Waals surface area contributed by atoms with Crippen molar-refractivity contribution in [3.05, 3.63) is 79.0 Å². The van der Waals surface area contributed by atoms with Crippen LogP contribution in [0, 0.1) is 10.1 Å². The van der Waals surface area contributed by atoms with Crippen molar-refractivity contribution in [1.29, 1.82) is 0 Å². The third-order valence-electron chi connectivity index (χ3n) is 3.58. The molecule has 3 aromatic rings. The Morgan fingerprint density at radius 2 is 1.76 bits per heavy atom. The van der Waals surface area contributed by atoms with Crippen LogP contribution in [0.4, 0.5) is 23.0 Å². The molecule has 0 aliphatic carbocycles. The first-order chi connectivity index (χ1) is 13.8. The summed E-state index contributed by atoms with van der Waals surface area (Å²) in [5.74, 6) is -0.876. The zero-order chi connectivity index (χ0) is 21.0. The molecular weight excluding hydrogens is 487 g/mol. The summed E-state index contributed by atoms with van der Waals surface area (Å²) in [5, 5.41) is 14.9. The number of halogens is 3. The van der Waals surface area contributed by atoms with E-state index < -0.39 is 16.5 Å². The van der Waals surface area contributed by atoms with Crippen LogP contribution in [0.15, 0.2) is 53.3 Å². The predicted molar refractivity (Wildman–Crippen MR) is 114 cm³/mol. The summed E-state index contributed by atoms with van der Waals surface area (Å²) >= 11 is 15.1. The fourth-order valence-electron chi connectivity index (χ4n) is 2.26. The molecule has 3 rings (SSSR count). The van der Waals surface area contributed by atoms with Gasteiger partial charge >= 0.3 is 5.69 Å². The van der Waals surface area contributed by atoms with Gasteiger partial charge in [-0.05, 0) is 42.5 Å². The highest BCUT2D eigenvalue weighted by molar-refractivity contribution is 9.10. The molecule has 0 spiro atoms. The Labute approximate surface area is 182 Å². The van der Waals surface area contributed by atoms with E-state index in [1.807, 2.05) is 0 Å². The molecule has 0 radical (unpaired) electrons. The van der Waals surface area contributed by atoms with Gasteiger partial charge in [-0.1, -0.05) is 39.1 Å². The first-order valence-corrected chi connectivity index (χ1v) is 9.43. The second-order valence-electron chi connectivity index (χ2n) is 5.51. The third-order valence-corrected chi connectivity index (χ3v) is 4.66. The average molecular weight is 498 g/mol. The molecule has 1 heterocycles. The smallest absolute Gasteiger partial charge is 0.334 e. The number of nitrogens with zero attached hydrogens (tertiary/aromatic N) is 3. The first kappa shape index (κ1) is 20.8. The molecule has 3 N–H and O–H groups in total. The van der Waals surface area contributed by atoms with E-state index >= 15 is 0 Å². The number of benzene rings is 2. The highest BCUT2D eigenvalue weighted by Gasteiger charge is 2.24. The molecule has 9 nitrogen and oxygen atoms in total. The monoisotopic (exact) mass is 496 g/mol. The second kappa shape index (κ2) is 9.03. The van der Waals surface area contributed by atoms with Gasteiger partial charge in [0.25, 0.3) is 5.91 Å². The normalized spacial score (nSPS) is 10.3. The lowest BCUT2D eigenvalue weighted by molar-refractivity contribution is -0.383. The van der Waals surface area contributed by atoms with Crippen LogP contribution in [0.2, 0.25) is 10.0 Å². The number of rotatable bonds is 6. The van der Waals surface area contributed by atoms with Gasteiger partial charge in [0, 0.05) is 15.2 Å². The van der Waals surface area contributed by atoms with Crippen molar-refractivity contribution in [2.75, 3.05) is 10.7 Å². The molecule has 2 aromatic carbocycles. The van der Waals surface area contributed by atoms with Gasteiger partial charge in [-0.2, -0.15) is 0 Å². The number of hydrogen-bond donors (Lipinski definition) is 3. The van der Waals surface area contributed by atoms with Crippen molar-refractivity contribution in [3.8, 4) is 0 Å². The number of aromatic nitrogens is 2. The molecule has 0 aliphatic heterocycles. The third kappa shape index (κ3) is 5.11. The Kier molecular flexibility index (Phi) is 6.47. The van der Waals surface area contributed by atoms with Gasteiger partial charge < -0.3 is 5.32 Å². The Bertz CT molecular complexity index is 1080. The fraction of sp³-hybridized carbons (Fsp3) is 0. The predicted octanol–water partition coefficient (Wildman–Crippen LogP) is 4.95. The van der Waals surface area contributed by atoms with Gasteiger partial charge in [-0.25, -0.2) is 9.97 Å². The maximum Gasteiger partial charge on any atom is 0.355 e. The van der Waals surface area contributed by atoms with Crippen LogP contribution in [0.1, 0.15) is 10.4 Å². The van der Waals surface area contributed by atoms with E-state index in [9.17, 15) is 14.9 Å². The topological polar surface area (TPSA) is 122 Å². The first-order valence-electron chi connectivity index (χ1n) is 7.88. The number of anilines is 3.